The average molecular weight is 380 g/mol. The highest BCUT2D eigenvalue weighted by Crippen LogP contribution is 2.37. The predicted molar refractivity (Wildman–Crippen MR) is 102 cm³/mol. The highest BCUT2D eigenvalue weighted by atomic mass is 16.5. The minimum absolute atomic E-state index is 0.0403. The van der Waals surface area contributed by atoms with E-state index in [4.69, 9.17) is 20.5 Å². The molecule has 28 heavy (non-hydrogen) atoms. The lowest BCUT2D eigenvalue weighted by Crippen LogP contribution is -2.18. The third-order valence-corrected chi connectivity index (χ3v) is 3.80. The molecule has 0 spiro atoms. The Morgan fingerprint density at radius 1 is 1.21 bits per heavy atom. The molecular weight excluding hydrogens is 360 g/mol. The van der Waals surface area contributed by atoms with E-state index in [2.05, 4.69) is 30.5 Å². The van der Waals surface area contributed by atoms with Crippen molar-refractivity contribution in [3.8, 4) is 28.8 Å². The number of methoxy groups -OCH3 is 1. The van der Waals surface area contributed by atoms with Gasteiger partial charge in [0.1, 0.15) is 17.6 Å². The quantitative estimate of drug-likeness (QED) is 0.533. The van der Waals surface area contributed by atoms with Crippen LogP contribution in [0.25, 0.3) is 11.3 Å². The Balaban J connectivity index is 1.83. The lowest BCUT2D eigenvalue weighted by Gasteiger charge is -2.13. The molecular formula is C18H20N8O2. The molecule has 10 nitrogen and oxygen atoms in total. The Morgan fingerprint density at radius 3 is 2.71 bits per heavy atom. The van der Waals surface area contributed by atoms with Crippen LogP contribution in [0.3, 0.4) is 0 Å². The summed E-state index contributed by atoms with van der Waals surface area (Å²) in [5, 5.41) is 19.0. The molecule has 0 aromatic carbocycles. The summed E-state index contributed by atoms with van der Waals surface area (Å²) in [5.41, 5.74) is 7.40. The van der Waals surface area contributed by atoms with Crippen molar-refractivity contribution in [2.24, 2.45) is 5.73 Å². The van der Waals surface area contributed by atoms with Gasteiger partial charge in [-0.05, 0) is 13.3 Å². The molecule has 3 aromatic rings. The summed E-state index contributed by atoms with van der Waals surface area (Å²) in [6.45, 7) is 2.38. The van der Waals surface area contributed by atoms with Gasteiger partial charge in [0.05, 0.1) is 49.8 Å². The molecule has 0 amide bonds. The first-order valence-electron chi connectivity index (χ1n) is 8.56. The molecule has 0 fully saturated rings. The Morgan fingerprint density at radius 2 is 2.04 bits per heavy atom. The van der Waals surface area contributed by atoms with Gasteiger partial charge >= 0.3 is 0 Å². The second kappa shape index (κ2) is 8.79. The zero-order chi connectivity index (χ0) is 19.9. The fourth-order valence-electron chi connectivity index (χ4n) is 2.40. The number of nitrogens with zero attached hydrogens (tertiary/aromatic N) is 5. The van der Waals surface area contributed by atoms with Crippen LogP contribution in [0.1, 0.15) is 19.0 Å². The van der Waals surface area contributed by atoms with E-state index in [9.17, 15) is 0 Å². The van der Waals surface area contributed by atoms with Crippen molar-refractivity contribution in [1.29, 1.82) is 5.26 Å². The van der Waals surface area contributed by atoms with Crippen LogP contribution in [0.4, 0.5) is 11.6 Å². The van der Waals surface area contributed by atoms with Gasteiger partial charge in [-0.15, -0.1) is 0 Å². The second-order valence-corrected chi connectivity index (χ2v) is 6.02. The number of pyridine rings is 1. The van der Waals surface area contributed by atoms with Crippen LogP contribution in [0, 0.1) is 11.3 Å². The summed E-state index contributed by atoms with van der Waals surface area (Å²) in [7, 11) is 1.56. The fraction of sp³-hybridized carbons (Fsp3) is 0.278. The second-order valence-electron chi connectivity index (χ2n) is 6.02. The van der Waals surface area contributed by atoms with Gasteiger partial charge in [-0.2, -0.15) is 10.4 Å². The zero-order valence-corrected chi connectivity index (χ0v) is 15.5. The Kier molecular flexibility index (Phi) is 5.98. The van der Waals surface area contributed by atoms with Crippen LogP contribution in [-0.4, -0.2) is 44.9 Å². The maximum Gasteiger partial charge on any atom is 0.158 e. The molecule has 3 heterocycles. The fourth-order valence-corrected chi connectivity index (χ4v) is 2.40. The summed E-state index contributed by atoms with van der Waals surface area (Å²) in [6.07, 6.45) is 6.78. The van der Waals surface area contributed by atoms with E-state index in [1.807, 2.05) is 13.0 Å². The maximum absolute atomic E-state index is 8.79. The third-order valence-electron chi connectivity index (χ3n) is 3.80. The number of H-pyrrole nitrogens is 1. The van der Waals surface area contributed by atoms with Crippen molar-refractivity contribution in [2.75, 3.05) is 19.0 Å². The van der Waals surface area contributed by atoms with Gasteiger partial charge in [-0.3, -0.25) is 10.1 Å². The molecule has 3 aromatic heterocycles. The van der Waals surface area contributed by atoms with Crippen molar-refractivity contribution in [3.05, 3.63) is 36.5 Å². The molecule has 0 saturated heterocycles. The van der Waals surface area contributed by atoms with E-state index in [-0.39, 0.29) is 11.7 Å². The molecule has 0 aliphatic carbocycles. The molecule has 144 valence electrons. The van der Waals surface area contributed by atoms with Crippen LogP contribution in [0.15, 0.2) is 30.9 Å². The Labute approximate surface area is 161 Å². The molecule has 0 aliphatic heterocycles. The van der Waals surface area contributed by atoms with Crippen LogP contribution in [-0.2, 0) is 0 Å². The van der Waals surface area contributed by atoms with Gasteiger partial charge in [0.25, 0.3) is 0 Å². The first-order valence-corrected chi connectivity index (χ1v) is 8.56. The number of nitrogens with one attached hydrogen (secondary N) is 2. The zero-order valence-electron chi connectivity index (χ0n) is 15.5. The lowest BCUT2D eigenvalue weighted by molar-refractivity contribution is 0.299. The molecule has 0 radical (unpaired) electrons. The van der Waals surface area contributed by atoms with E-state index < -0.39 is 0 Å². The van der Waals surface area contributed by atoms with E-state index in [1.165, 1.54) is 12.4 Å². The first kappa shape index (κ1) is 19.1. The molecule has 0 saturated carbocycles. The normalized spacial score (nSPS) is 11.5. The van der Waals surface area contributed by atoms with Gasteiger partial charge in [0, 0.05) is 12.1 Å². The average Bonchev–Trinajstić information content (AvgIpc) is 3.16. The highest BCUT2D eigenvalue weighted by Gasteiger charge is 2.17. The van der Waals surface area contributed by atoms with Crippen molar-refractivity contribution in [3.63, 3.8) is 0 Å². The van der Waals surface area contributed by atoms with Gasteiger partial charge in [0.15, 0.2) is 17.3 Å². The summed E-state index contributed by atoms with van der Waals surface area (Å²) >= 11 is 0. The number of ether oxygens (including phenoxy) is 2. The van der Waals surface area contributed by atoms with E-state index in [1.54, 1.807) is 25.6 Å². The van der Waals surface area contributed by atoms with E-state index in [0.717, 1.165) is 0 Å². The van der Waals surface area contributed by atoms with Crippen LogP contribution in [0.2, 0.25) is 0 Å². The lowest BCUT2D eigenvalue weighted by atomic mass is 10.1. The first-order chi connectivity index (χ1) is 13.6. The van der Waals surface area contributed by atoms with Crippen molar-refractivity contribution < 1.29 is 9.47 Å². The minimum atomic E-state index is 0.0403. The molecule has 10 heteroatoms. The Hall–Kier alpha value is -3.71. The molecule has 0 bridgehead atoms. The van der Waals surface area contributed by atoms with E-state index in [0.29, 0.717) is 47.4 Å². The number of hydrogen-bond acceptors (Lipinski definition) is 9. The SMILES string of the molecule is COc1cncc(OCC[C@H](C)N)c1-c1cc(Nc2cnc(C#N)cn2)n[nH]1. The van der Waals surface area contributed by atoms with Crippen molar-refractivity contribution >= 4 is 11.6 Å². The predicted octanol–water partition coefficient (Wildman–Crippen LogP) is 2.00. The number of anilines is 2. The Bertz CT molecular complexity index is 962. The summed E-state index contributed by atoms with van der Waals surface area (Å²) in [6, 6.07) is 3.75. The summed E-state index contributed by atoms with van der Waals surface area (Å²) in [5.74, 6) is 2.10. The molecule has 0 unspecified atom stereocenters. The third kappa shape index (κ3) is 4.52. The summed E-state index contributed by atoms with van der Waals surface area (Å²) in [4.78, 5) is 12.2. The van der Waals surface area contributed by atoms with Crippen molar-refractivity contribution in [2.45, 2.75) is 19.4 Å². The monoisotopic (exact) mass is 380 g/mol. The molecule has 3 rings (SSSR count). The van der Waals surface area contributed by atoms with Gasteiger partial charge < -0.3 is 20.5 Å². The van der Waals surface area contributed by atoms with Crippen LogP contribution >= 0.6 is 0 Å². The molecule has 4 N–H and O–H groups in total. The number of nitriles is 1. The molecule has 0 aliphatic rings. The van der Waals surface area contributed by atoms with Gasteiger partial charge in [-0.1, -0.05) is 0 Å². The van der Waals surface area contributed by atoms with Gasteiger partial charge in [0.2, 0.25) is 0 Å². The van der Waals surface area contributed by atoms with Gasteiger partial charge in [-0.25, -0.2) is 9.97 Å². The number of aromatic amines is 1. The topological polar surface area (TPSA) is 148 Å². The maximum atomic E-state index is 8.79. The smallest absolute Gasteiger partial charge is 0.158 e. The summed E-state index contributed by atoms with van der Waals surface area (Å²) < 4.78 is 11.3. The molecule has 1 atom stereocenters. The minimum Gasteiger partial charge on any atom is -0.494 e. The van der Waals surface area contributed by atoms with Crippen LogP contribution < -0.4 is 20.5 Å². The number of rotatable bonds is 8. The van der Waals surface area contributed by atoms with E-state index >= 15 is 0 Å². The number of aromatic nitrogens is 5. The number of hydrogen-bond donors (Lipinski definition) is 3. The highest BCUT2D eigenvalue weighted by molar-refractivity contribution is 5.75. The largest absolute Gasteiger partial charge is 0.494 e. The number of nitrogens with two attached hydrogens (primary N) is 1. The van der Waals surface area contributed by atoms with Crippen molar-refractivity contribution in [1.82, 2.24) is 25.1 Å². The standard InChI is InChI=1S/C18H20N8O2/c1-11(20)3-4-28-15-9-21-8-14(27-2)18(15)13-5-16(26-25-13)24-17-10-22-12(6-19)7-23-17/h5,7-11H,3-4,20H2,1-2H3,(H2,23,24,25,26)/t11-/m0/s1. The van der Waals surface area contributed by atoms with Crippen LogP contribution in [0.5, 0.6) is 11.5 Å².